The van der Waals surface area contributed by atoms with E-state index in [1.807, 2.05) is 32.0 Å². The summed E-state index contributed by atoms with van der Waals surface area (Å²) >= 11 is 1.38. The van der Waals surface area contributed by atoms with Gasteiger partial charge in [-0.15, -0.1) is 0 Å². The lowest BCUT2D eigenvalue weighted by Crippen LogP contribution is -2.29. The van der Waals surface area contributed by atoms with Crippen LogP contribution in [0.3, 0.4) is 0 Å². The van der Waals surface area contributed by atoms with Gasteiger partial charge in [-0.1, -0.05) is 35.6 Å². The van der Waals surface area contributed by atoms with E-state index >= 15 is 0 Å². The Hall–Kier alpha value is -4.17. The molecule has 0 saturated carbocycles. The van der Waals surface area contributed by atoms with E-state index in [-0.39, 0.29) is 28.3 Å². The van der Waals surface area contributed by atoms with Crippen LogP contribution in [0.5, 0.6) is 11.5 Å². The normalized spacial score (nSPS) is 15.2. The molecule has 35 heavy (non-hydrogen) atoms. The highest BCUT2D eigenvalue weighted by atomic mass is 32.1. The number of carbonyl (C=O) groups is 1. The fourth-order valence-corrected chi connectivity index (χ4v) is 5.62. The van der Waals surface area contributed by atoms with Crippen LogP contribution in [-0.4, -0.2) is 22.6 Å². The van der Waals surface area contributed by atoms with Crippen LogP contribution in [0.2, 0.25) is 0 Å². The Labute approximate surface area is 203 Å². The van der Waals surface area contributed by atoms with Gasteiger partial charge in [0.15, 0.2) is 22.1 Å². The molecular weight excluding hydrogens is 464 g/mol. The number of nitrogens with zero attached hydrogens (tertiary/aromatic N) is 2. The Morgan fingerprint density at radius 3 is 2.77 bits per heavy atom. The fourth-order valence-electron chi connectivity index (χ4n) is 4.53. The number of para-hydroxylation sites is 1. The molecule has 8 heteroatoms. The Morgan fingerprint density at radius 2 is 1.94 bits per heavy atom. The summed E-state index contributed by atoms with van der Waals surface area (Å²) < 4.78 is 12.5. The number of carbonyl (C=O) groups excluding carboxylic acids is 1. The third-order valence-electron chi connectivity index (χ3n) is 6.12. The molecule has 0 fully saturated rings. The minimum Gasteiger partial charge on any atom is -0.504 e. The van der Waals surface area contributed by atoms with Crippen LogP contribution in [0.4, 0.5) is 5.13 Å². The number of fused-ring (bicyclic) bond motifs is 3. The first-order chi connectivity index (χ1) is 17.0. The second-order valence-corrected chi connectivity index (χ2v) is 9.38. The molecule has 2 aromatic heterocycles. The lowest BCUT2D eigenvalue weighted by molar-refractivity contribution is 0.0971. The highest BCUT2D eigenvalue weighted by molar-refractivity contribution is 7.22. The highest BCUT2D eigenvalue weighted by Crippen LogP contribution is 2.45. The average molecular weight is 485 g/mol. The van der Waals surface area contributed by atoms with E-state index in [1.165, 1.54) is 22.3 Å². The molecule has 0 saturated heterocycles. The van der Waals surface area contributed by atoms with E-state index in [9.17, 15) is 14.7 Å². The van der Waals surface area contributed by atoms with Crippen LogP contribution in [0.25, 0.3) is 21.2 Å². The first kappa shape index (κ1) is 21.4. The largest absolute Gasteiger partial charge is 0.504 e. The van der Waals surface area contributed by atoms with Gasteiger partial charge in [-0.05, 0) is 61.4 Å². The lowest BCUT2D eigenvalue weighted by atomic mass is 9.98. The molecule has 7 nitrogen and oxygen atoms in total. The maximum atomic E-state index is 13.8. The van der Waals surface area contributed by atoms with Gasteiger partial charge >= 0.3 is 0 Å². The van der Waals surface area contributed by atoms with Crippen molar-refractivity contribution in [3.8, 4) is 11.5 Å². The van der Waals surface area contributed by atoms with Gasteiger partial charge in [-0.2, -0.15) is 0 Å². The first-order valence-electron chi connectivity index (χ1n) is 11.2. The van der Waals surface area contributed by atoms with Crippen molar-refractivity contribution in [1.82, 2.24) is 4.98 Å². The van der Waals surface area contributed by atoms with Crippen molar-refractivity contribution in [2.24, 2.45) is 0 Å². The van der Waals surface area contributed by atoms with E-state index in [2.05, 4.69) is 0 Å². The SMILES string of the molecule is CCOc1cc([C@H]2c3c(oc4ccccc4c3=O)C(=O)N2c2nc3ccc(C)cc3s2)ccc1O. The molecule has 1 aliphatic heterocycles. The number of thiazole rings is 1. The van der Waals surface area contributed by atoms with Gasteiger partial charge in [-0.3, -0.25) is 14.5 Å². The molecule has 3 aromatic carbocycles. The van der Waals surface area contributed by atoms with Gasteiger partial charge in [0.1, 0.15) is 5.58 Å². The number of aromatic hydroxyl groups is 1. The molecule has 0 unspecified atom stereocenters. The summed E-state index contributed by atoms with van der Waals surface area (Å²) in [5.74, 6) is -0.182. The predicted octanol–water partition coefficient (Wildman–Crippen LogP) is 5.57. The van der Waals surface area contributed by atoms with Gasteiger partial charge in [0.05, 0.1) is 33.8 Å². The van der Waals surface area contributed by atoms with Crippen LogP contribution in [0.1, 0.15) is 40.2 Å². The second kappa shape index (κ2) is 7.95. The van der Waals surface area contributed by atoms with Crippen LogP contribution < -0.4 is 15.1 Å². The smallest absolute Gasteiger partial charge is 0.297 e. The fraction of sp³-hybridized carbons (Fsp3) is 0.148. The van der Waals surface area contributed by atoms with Crippen molar-refractivity contribution in [3.05, 3.63) is 93.3 Å². The number of benzene rings is 3. The third kappa shape index (κ3) is 3.29. The van der Waals surface area contributed by atoms with E-state index in [4.69, 9.17) is 14.1 Å². The zero-order valence-corrected chi connectivity index (χ0v) is 19.8. The summed E-state index contributed by atoms with van der Waals surface area (Å²) in [4.78, 5) is 33.7. The van der Waals surface area contributed by atoms with Gasteiger partial charge in [-0.25, -0.2) is 4.98 Å². The number of hydrogen-bond donors (Lipinski definition) is 1. The number of hydrogen-bond acceptors (Lipinski definition) is 7. The number of amides is 1. The minimum atomic E-state index is -0.792. The summed E-state index contributed by atoms with van der Waals surface area (Å²) in [6.07, 6.45) is 0. The van der Waals surface area contributed by atoms with E-state index < -0.39 is 11.9 Å². The number of phenolic OH excluding ortho intramolecular Hbond substituents is 1. The minimum absolute atomic E-state index is 0.000159. The number of anilines is 1. The molecule has 0 radical (unpaired) electrons. The number of ether oxygens (including phenoxy) is 1. The number of rotatable bonds is 4. The maximum Gasteiger partial charge on any atom is 0.297 e. The van der Waals surface area contributed by atoms with Crippen LogP contribution >= 0.6 is 11.3 Å². The Balaban J connectivity index is 1.63. The molecule has 0 aliphatic carbocycles. The predicted molar refractivity (Wildman–Crippen MR) is 135 cm³/mol. The standard InChI is InChI=1S/C27H20N2O5S/c1-3-33-20-13-15(9-11-18(20)30)23-22-24(31)16-6-4-5-7-19(16)34-25(22)26(32)29(23)27-28-17-10-8-14(2)12-21(17)35-27/h4-13,23,30H,3H2,1-2H3/t23-/m0/s1. The van der Waals surface area contributed by atoms with Crippen molar-refractivity contribution in [2.75, 3.05) is 11.5 Å². The van der Waals surface area contributed by atoms with E-state index in [0.717, 1.165) is 15.8 Å². The zero-order valence-electron chi connectivity index (χ0n) is 18.9. The van der Waals surface area contributed by atoms with Crippen molar-refractivity contribution in [3.63, 3.8) is 0 Å². The number of aryl methyl sites for hydroxylation is 1. The Kier molecular flexibility index (Phi) is 4.86. The first-order valence-corrected chi connectivity index (χ1v) is 12.0. The van der Waals surface area contributed by atoms with Gasteiger partial charge in [0.2, 0.25) is 5.76 Å². The molecular formula is C27H20N2O5S. The zero-order chi connectivity index (χ0) is 24.3. The molecule has 3 heterocycles. The molecule has 1 aliphatic rings. The summed E-state index contributed by atoms with van der Waals surface area (Å²) in [6.45, 7) is 4.17. The Bertz CT molecular complexity index is 1700. The highest BCUT2D eigenvalue weighted by Gasteiger charge is 2.45. The van der Waals surface area contributed by atoms with Crippen molar-refractivity contribution >= 4 is 43.6 Å². The number of aromatic nitrogens is 1. The Morgan fingerprint density at radius 1 is 1.11 bits per heavy atom. The van der Waals surface area contributed by atoms with Gasteiger partial charge in [0, 0.05) is 0 Å². The van der Waals surface area contributed by atoms with Crippen LogP contribution in [0.15, 0.2) is 69.9 Å². The van der Waals surface area contributed by atoms with Gasteiger partial charge < -0.3 is 14.3 Å². The number of phenols is 1. The molecule has 0 spiro atoms. The van der Waals surface area contributed by atoms with E-state index in [0.29, 0.717) is 28.3 Å². The molecule has 174 valence electrons. The average Bonchev–Trinajstić information content (AvgIpc) is 3.39. The summed E-state index contributed by atoms with van der Waals surface area (Å²) in [5, 5.41) is 11.1. The molecule has 5 aromatic rings. The van der Waals surface area contributed by atoms with Crippen LogP contribution in [0, 0.1) is 6.92 Å². The molecule has 1 atom stereocenters. The maximum absolute atomic E-state index is 13.8. The quantitative estimate of drug-likeness (QED) is 0.359. The molecule has 1 amide bonds. The lowest BCUT2D eigenvalue weighted by Gasteiger charge is -2.23. The third-order valence-corrected chi connectivity index (χ3v) is 7.13. The molecule has 0 bridgehead atoms. The van der Waals surface area contributed by atoms with Gasteiger partial charge in [0.25, 0.3) is 5.91 Å². The topological polar surface area (TPSA) is 92.9 Å². The van der Waals surface area contributed by atoms with Crippen molar-refractivity contribution < 1.29 is 19.1 Å². The van der Waals surface area contributed by atoms with Crippen molar-refractivity contribution in [2.45, 2.75) is 19.9 Å². The summed E-state index contributed by atoms with van der Waals surface area (Å²) in [5.41, 5.74) is 2.79. The van der Waals surface area contributed by atoms with Crippen LogP contribution in [-0.2, 0) is 0 Å². The molecule has 1 N–H and O–H groups in total. The molecule has 6 rings (SSSR count). The van der Waals surface area contributed by atoms with Crippen molar-refractivity contribution in [1.29, 1.82) is 0 Å². The van der Waals surface area contributed by atoms with E-state index in [1.54, 1.807) is 36.4 Å². The summed E-state index contributed by atoms with van der Waals surface area (Å²) in [7, 11) is 0. The second-order valence-electron chi connectivity index (χ2n) is 8.38. The summed E-state index contributed by atoms with van der Waals surface area (Å²) in [6, 6.07) is 16.8. The monoisotopic (exact) mass is 484 g/mol.